The van der Waals surface area contributed by atoms with E-state index in [1.807, 2.05) is 11.8 Å². The second-order valence-electron chi connectivity index (χ2n) is 5.81. The van der Waals surface area contributed by atoms with E-state index in [4.69, 9.17) is 9.47 Å². The Hall–Kier alpha value is -1.72. The maximum absolute atomic E-state index is 9.41. The Labute approximate surface area is 125 Å². The van der Waals surface area contributed by atoms with Crippen molar-refractivity contribution in [1.29, 1.82) is 0 Å². The summed E-state index contributed by atoms with van der Waals surface area (Å²) in [6.45, 7) is 9.85. The summed E-state index contributed by atoms with van der Waals surface area (Å²) in [7, 11) is 0. The van der Waals surface area contributed by atoms with Crippen LogP contribution in [0.5, 0.6) is 0 Å². The lowest BCUT2D eigenvalue weighted by molar-refractivity contribution is 0.0129. The molecule has 0 amide bonds. The van der Waals surface area contributed by atoms with Crippen LogP contribution in [0.25, 0.3) is 0 Å². The summed E-state index contributed by atoms with van der Waals surface area (Å²) in [5, 5.41) is 9.41. The summed E-state index contributed by atoms with van der Waals surface area (Å²) in [6.07, 6.45) is 0. The van der Waals surface area contributed by atoms with Gasteiger partial charge in [-0.2, -0.15) is 0 Å². The third kappa shape index (κ3) is 2.84. The van der Waals surface area contributed by atoms with E-state index in [-0.39, 0.29) is 6.61 Å². The fourth-order valence-corrected chi connectivity index (χ4v) is 2.78. The zero-order valence-corrected chi connectivity index (χ0v) is 12.4. The van der Waals surface area contributed by atoms with Crippen LogP contribution >= 0.6 is 0 Å². The van der Waals surface area contributed by atoms with Gasteiger partial charge in [0.15, 0.2) is 5.88 Å². The normalized spacial score (nSPS) is 26.1. The number of benzene rings is 1. The van der Waals surface area contributed by atoms with Crippen molar-refractivity contribution in [3.8, 4) is 0 Å². The molecule has 2 aliphatic heterocycles. The SMILES string of the molecule is C=C1OC(C)(CO)CN1c1ccc(N2CCOCC2)cc1. The van der Waals surface area contributed by atoms with Gasteiger partial charge in [-0.15, -0.1) is 0 Å². The summed E-state index contributed by atoms with van der Waals surface area (Å²) in [5.74, 6) is 0.589. The maximum Gasteiger partial charge on any atom is 0.187 e. The van der Waals surface area contributed by atoms with Gasteiger partial charge in [-0.05, 0) is 37.8 Å². The van der Waals surface area contributed by atoms with Gasteiger partial charge in [0.2, 0.25) is 0 Å². The largest absolute Gasteiger partial charge is 0.469 e. The van der Waals surface area contributed by atoms with Gasteiger partial charge >= 0.3 is 0 Å². The Morgan fingerprint density at radius 1 is 1.19 bits per heavy atom. The van der Waals surface area contributed by atoms with Gasteiger partial charge in [-0.3, -0.25) is 0 Å². The molecule has 1 aromatic rings. The monoisotopic (exact) mass is 290 g/mol. The molecule has 5 heteroatoms. The van der Waals surface area contributed by atoms with Crippen molar-refractivity contribution in [2.75, 3.05) is 49.3 Å². The summed E-state index contributed by atoms with van der Waals surface area (Å²) >= 11 is 0. The molecule has 0 saturated carbocycles. The quantitative estimate of drug-likeness (QED) is 0.916. The van der Waals surface area contributed by atoms with Crippen molar-refractivity contribution in [2.24, 2.45) is 0 Å². The minimum atomic E-state index is -0.569. The number of anilines is 2. The molecule has 2 aliphatic rings. The van der Waals surface area contributed by atoms with Crippen LogP contribution in [0.4, 0.5) is 11.4 Å². The fraction of sp³-hybridized carbons (Fsp3) is 0.500. The van der Waals surface area contributed by atoms with Crippen LogP contribution in [-0.2, 0) is 9.47 Å². The molecule has 1 N–H and O–H groups in total. The first kappa shape index (κ1) is 14.2. The molecule has 1 aromatic carbocycles. The lowest BCUT2D eigenvalue weighted by Gasteiger charge is -2.29. The predicted octanol–water partition coefficient (Wildman–Crippen LogP) is 1.58. The Kier molecular flexibility index (Phi) is 3.78. The highest BCUT2D eigenvalue weighted by Crippen LogP contribution is 2.33. The van der Waals surface area contributed by atoms with Crippen LogP contribution in [0, 0.1) is 0 Å². The van der Waals surface area contributed by atoms with E-state index in [0.29, 0.717) is 12.4 Å². The number of rotatable bonds is 3. The first-order valence-electron chi connectivity index (χ1n) is 7.30. The molecule has 1 atom stereocenters. The molecular weight excluding hydrogens is 268 g/mol. The molecule has 3 rings (SSSR count). The Bertz CT molecular complexity index is 511. The molecule has 0 bridgehead atoms. The molecule has 0 radical (unpaired) electrons. The minimum absolute atomic E-state index is 0.0195. The predicted molar refractivity (Wildman–Crippen MR) is 82.5 cm³/mol. The first-order chi connectivity index (χ1) is 10.1. The second-order valence-corrected chi connectivity index (χ2v) is 5.81. The minimum Gasteiger partial charge on any atom is -0.469 e. The van der Waals surface area contributed by atoms with Gasteiger partial charge in [0.25, 0.3) is 0 Å². The van der Waals surface area contributed by atoms with E-state index in [2.05, 4.69) is 35.7 Å². The lowest BCUT2D eigenvalue weighted by Crippen LogP contribution is -2.36. The van der Waals surface area contributed by atoms with Crippen molar-refractivity contribution in [3.63, 3.8) is 0 Å². The number of nitrogens with zero attached hydrogens (tertiary/aromatic N) is 2. The van der Waals surface area contributed by atoms with E-state index >= 15 is 0 Å². The number of morpholine rings is 1. The molecule has 0 aromatic heterocycles. The zero-order valence-electron chi connectivity index (χ0n) is 12.4. The topological polar surface area (TPSA) is 45.2 Å². The number of aliphatic hydroxyl groups is 1. The molecule has 0 spiro atoms. The van der Waals surface area contributed by atoms with Crippen LogP contribution < -0.4 is 9.80 Å². The van der Waals surface area contributed by atoms with E-state index in [1.54, 1.807) is 0 Å². The first-order valence-corrected chi connectivity index (χ1v) is 7.30. The summed E-state index contributed by atoms with van der Waals surface area (Å²) in [5.41, 5.74) is 1.67. The highest BCUT2D eigenvalue weighted by Gasteiger charge is 2.38. The van der Waals surface area contributed by atoms with Crippen molar-refractivity contribution in [3.05, 3.63) is 36.7 Å². The number of ether oxygens (including phenoxy) is 2. The van der Waals surface area contributed by atoms with Crippen LogP contribution in [-0.4, -0.2) is 50.2 Å². The molecule has 2 saturated heterocycles. The van der Waals surface area contributed by atoms with Gasteiger partial charge in [0, 0.05) is 24.5 Å². The summed E-state index contributed by atoms with van der Waals surface area (Å²) in [4.78, 5) is 4.32. The van der Waals surface area contributed by atoms with Crippen LogP contribution in [0.2, 0.25) is 0 Å². The van der Waals surface area contributed by atoms with Crippen molar-refractivity contribution in [2.45, 2.75) is 12.5 Å². The van der Waals surface area contributed by atoms with Crippen molar-refractivity contribution < 1.29 is 14.6 Å². The molecule has 1 unspecified atom stereocenters. The third-order valence-corrected chi connectivity index (χ3v) is 4.03. The van der Waals surface area contributed by atoms with Crippen molar-refractivity contribution in [1.82, 2.24) is 0 Å². The Morgan fingerprint density at radius 2 is 1.81 bits per heavy atom. The average Bonchev–Trinajstić information content (AvgIpc) is 2.84. The summed E-state index contributed by atoms with van der Waals surface area (Å²) < 4.78 is 11.0. The molecule has 2 heterocycles. The molecular formula is C16H22N2O3. The molecule has 2 fully saturated rings. The fourth-order valence-electron chi connectivity index (χ4n) is 2.78. The van der Waals surface area contributed by atoms with Gasteiger partial charge in [-0.1, -0.05) is 0 Å². The van der Waals surface area contributed by atoms with E-state index in [0.717, 1.165) is 32.0 Å². The maximum atomic E-state index is 9.41. The van der Waals surface area contributed by atoms with Crippen LogP contribution in [0.1, 0.15) is 6.92 Å². The number of aliphatic hydroxyl groups excluding tert-OH is 1. The molecule has 21 heavy (non-hydrogen) atoms. The Morgan fingerprint density at radius 3 is 2.38 bits per heavy atom. The van der Waals surface area contributed by atoms with E-state index in [1.165, 1.54) is 5.69 Å². The van der Waals surface area contributed by atoms with Gasteiger partial charge < -0.3 is 24.4 Å². The van der Waals surface area contributed by atoms with E-state index < -0.39 is 5.60 Å². The third-order valence-electron chi connectivity index (χ3n) is 4.03. The van der Waals surface area contributed by atoms with Crippen LogP contribution in [0.15, 0.2) is 36.7 Å². The second kappa shape index (κ2) is 5.58. The highest BCUT2D eigenvalue weighted by atomic mass is 16.5. The average molecular weight is 290 g/mol. The lowest BCUT2D eigenvalue weighted by atomic mass is 10.1. The highest BCUT2D eigenvalue weighted by molar-refractivity contribution is 5.59. The Balaban J connectivity index is 1.73. The van der Waals surface area contributed by atoms with E-state index in [9.17, 15) is 5.11 Å². The van der Waals surface area contributed by atoms with Gasteiger partial charge in [0.1, 0.15) is 5.60 Å². The van der Waals surface area contributed by atoms with Crippen molar-refractivity contribution >= 4 is 11.4 Å². The molecule has 114 valence electrons. The van der Waals surface area contributed by atoms with Gasteiger partial charge in [-0.25, -0.2) is 0 Å². The summed E-state index contributed by atoms with van der Waals surface area (Å²) in [6, 6.07) is 8.37. The van der Waals surface area contributed by atoms with Crippen LogP contribution in [0.3, 0.4) is 0 Å². The zero-order chi connectivity index (χ0) is 14.9. The van der Waals surface area contributed by atoms with Gasteiger partial charge in [0.05, 0.1) is 26.4 Å². The number of hydrogen-bond donors (Lipinski definition) is 1. The number of hydrogen-bond acceptors (Lipinski definition) is 5. The smallest absolute Gasteiger partial charge is 0.187 e. The standard InChI is InChI=1S/C16H22N2O3/c1-13-18(11-16(2,12-19)21-13)15-5-3-14(4-6-15)17-7-9-20-10-8-17/h3-6,19H,1,7-12H2,2H3. The molecule has 5 nitrogen and oxygen atoms in total. The molecule has 0 aliphatic carbocycles.